The molecule has 0 saturated carbocycles. The molecule has 1 aromatic carbocycles. The molecule has 0 saturated heterocycles. The molecule has 0 atom stereocenters. The van der Waals surface area contributed by atoms with Crippen molar-refractivity contribution in [3.05, 3.63) is 35.7 Å². The Morgan fingerprint density at radius 1 is 1.27 bits per heavy atom. The van der Waals surface area contributed by atoms with Gasteiger partial charge in [-0.25, -0.2) is 0 Å². The predicted octanol–water partition coefficient (Wildman–Crippen LogP) is 1.09. The Morgan fingerprint density at radius 3 is 2.93 bits per heavy atom. The first kappa shape index (κ1) is 8.61. The largest absolute Gasteiger partial charge is 0.317 e. The average molecular weight is 200 g/mol. The molecule has 4 heteroatoms. The molecular weight excluding hydrogens is 188 g/mol. The second-order valence-corrected chi connectivity index (χ2v) is 3.85. The zero-order valence-corrected chi connectivity index (χ0v) is 8.57. The van der Waals surface area contributed by atoms with E-state index in [0.717, 1.165) is 24.5 Å². The summed E-state index contributed by atoms with van der Waals surface area (Å²) in [7, 11) is 1.96. The van der Waals surface area contributed by atoms with Crippen molar-refractivity contribution < 1.29 is 0 Å². The number of nitrogens with zero attached hydrogens (tertiary/aromatic N) is 3. The summed E-state index contributed by atoms with van der Waals surface area (Å²) in [5.41, 5.74) is 3.90. The van der Waals surface area contributed by atoms with Gasteiger partial charge in [0.2, 0.25) is 0 Å². The molecule has 0 radical (unpaired) electrons. The molecule has 0 fully saturated rings. The highest BCUT2D eigenvalue weighted by molar-refractivity contribution is 5.58. The second-order valence-electron chi connectivity index (χ2n) is 3.85. The molecule has 0 bridgehead atoms. The van der Waals surface area contributed by atoms with Gasteiger partial charge in [-0.2, -0.15) is 0 Å². The molecule has 1 aliphatic rings. The maximum absolute atomic E-state index is 4.10. The van der Waals surface area contributed by atoms with Gasteiger partial charge in [0.1, 0.15) is 6.33 Å². The monoisotopic (exact) mass is 200 g/mol. The van der Waals surface area contributed by atoms with E-state index in [1.807, 2.05) is 11.6 Å². The van der Waals surface area contributed by atoms with Crippen molar-refractivity contribution in [3.8, 4) is 11.4 Å². The fraction of sp³-hybridized carbons (Fsp3) is 0.273. The third kappa shape index (κ3) is 1.34. The van der Waals surface area contributed by atoms with Crippen LogP contribution in [0.5, 0.6) is 0 Å². The Hall–Kier alpha value is -1.68. The zero-order valence-electron chi connectivity index (χ0n) is 8.57. The van der Waals surface area contributed by atoms with E-state index in [-0.39, 0.29) is 0 Å². The molecule has 2 aromatic rings. The van der Waals surface area contributed by atoms with E-state index in [2.05, 4.69) is 33.7 Å². The van der Waals surface area contributed by atoms with Crippen LogP contribution in [0.15, 0.2) is 24.5 Å². The molecule has 1 aliphatic heterocycles. The normalized spacial score (nSPS) is 14.2. The molecule has 1 aromatic heterocycles. The molecule has 0 unspecified atom stereocenters. The minimum Gasteiger partial charge on any atom is -0.317 e. The third-order valence-electron chi connectivity index (χ3n) is 2.81. The molecule has 3 rings (SSSR count). The molecule has 0 amide bonds. The average Bonchev–Trinajstić information content (AvgIpc) is 2.84. The lowest BCUT2D eigenvalue weighted by Gasteiger charge is -2.03. The Bertz CT molecular complexity index is 501. The van der Waals surface area contributed by atoms with Gasteiger partial charge in [0.05, 0.1) is 0 Å². The summed E-state index contributed by atoms with van der Waals surface area (Å²) in [6, 6.07) is 6.47. The summed E-state index contributed by atoms with van der Waals surface area (Å²) < 4.78 is 1.93. The smallest absolute Gasteiger partial charge is 0.163 e. The summed E-state index contributed by atoms with van der Waals surface area (Å²) >= 11 is 0. The number of hydrogen-bond acceptors (Lipinski definition) is 3. The third-order valence-corrected chi connectivity index (χ3v) is 2.81. The summed E-state index contributed by atoms with van der Waals surface area (Å²) in [5, 5.41) is 11.3. The van der Waals surface area contributed by atoms with Crippen LogP contribution in [0.2, 0.25) is 0 Å². The lowest BCUT2D eigenvalue weighted by atomic mass is 10.1. The first-order chi connectivity index (χ1) is 7.34. The van der Waals surface area contributed by atoms with E-state index in [1.54, 1.807) is 6.33 Å². The zero-order chi connectivity index (χ0) is 10.3. The number of nitrogens with one attached hydrogen (secondary N) is 1. The Labute approximate surface area is 88.0 Å². The van der Waals surface area contributed by atoms with Crippen molar-refractivity contribution in [2.45, 2.75) is 13.1 Å². The number of fused-ring (bicyclic) bond motifs is 1. The van der Waals surface area contributed by atoms with Crippen LogP contribution in [0.3, 0.4) is 0 Å². The number of aromatic nitrogens is 3. The maximum Gasteiger partial charge on any atom is 0.163 e. The highest BCUT2D eigenvalue weighted by Gasteiger charge is 2.12. The van der Waals surface area contributed by atoms with Crippen LogP contribution in [-0.4, -0.2) is 14.8 Å². The Balaban J connectivity index is 2.11. The lowest BCUT2D eigenvalue weighted by Crippen LogP contribution is -1.99. The van der Waals surface area contributed by atoms with Crippen LogP contribution in [0.25, 0.3) is 11.4 Å². The van der Waals surface area contributed by atoms with Gasteiger partial charge < -0.3 is 9.88 Å². The molecule has 4 nitrogen and oxygen atoms in total. The summed E-state index contributed by atoms with van der Waals surface area (Å²) in [6.45, 7) is 1.94. The van der Waals surface area contributed by atoms with Gasteiger partial charge in [0, 0.05) is 25.7 Å². The number of hydrogen-bond donors (Lipinski definition) is 1. The quantitative estimate of drug-likeness (QED) is 0.749. The SMILES string of the molecule is Cn1cnnc1-c1ccc2c(c1)CNC2. The maximum atomic E-state index is 4.10. The first-order valence-corrected chi connectivity index (χ1v) is 5.01. The van der Waals surface area contributed by atoms with Crippen LogP contribution in [0.4, 0.5) is 0 Å². The molecule has 15 heavy (non-hydrogen) atoms. The van der Waals surface area contributed by atoms with E-state index in [0.29, 0.717) is 0 Å². The fourth-order valence-electron chi connectivity index (χ4n) is 1.98. The molecule has 0 aliphatic carbocycles. The van der Waals surface area contributed by atoms with Gasteiger partial charge in [-0.15, -0.1) is 10.2 Å². The molecular formula is C11H12N4. The second kappa shape index (κ2) is 3.17. The highest BCUT2D eigenvalue weighted by Crippen LogP contribution is 2.22. The number of aryl methyl sites for hydroxylation is 1. The van der Waals surface area contributed by atoms with Gasteiger partial charge in [0.15, 0.2) is 5.82 Å². The Morgan fingerprint density at radius 2 is 2.13 bits per heavy atom. The summed E-state index contributed by atoms with van der Waals surface area (Å²) in [4.78, 5) is 0. The van der Waals surface area contributed by atoms with Crippen molar-refractivity contribution in [3.63, 3.8) is 0 Å². The van der Waals surface area contributed by atoms with E-state index in [1.165, 1.54) is 11.1 Å². The predicted molar refractivity (Wildman–Crippen MR) is 57.0 cm³/mol. The minimum absolute atomic E-state index is 0.921. The van der Waals surface area contributed by atoms with E-state index in [4.69, 9.17) is 0 Å². The van der Waals surface area contributed by atoms with Gasteiger partial charge in [-0.1, -0.05) is 12.1 Å². The van der Waals surface area contributed by atoms with Crippen LogP contribution < -0.4 is 5.32 Å². The lowest BCUT2D eigenvalue weighted by molar-refractivity contribution is 0.765. The van der Waals surface area contributed by atoms with Crippen LogP contribution in [0.1, 0.15) is 11.1 Å². The molecule has 2 heterocycles. The van der Waals surface area contributed by atoms with Gasteiger partial charge in [-0.3, -0.25) is 0 Å². The number of benzene rings is 1. The van der Waals surface area contributed by atoms with E-state index >= 15 is 0 Å². The number of rotatable bonds is 1. The fourth-order valence-corrected chi connectivity index (χ4v) is 1.98. The van der Waals surface area contributed by atoms with Gasteiger partial charge >= 0.3 is 0 Å². The highest BCUT2D eigenvalue weighted by atomic mass is 15.2. The van der Waals surface area contributed by atoms with Crippen molar-refractivity contribution >= 4 is 0 Å². The van der Waals surface area contributed by atoms with Gasteiger partial charge in [-0.05, 0) is 17.2 Å². The van der Waals surface area contributed by atoms with Crippen LogP contribution in [-0.2, 0) is 20.1 Å². The van der Waals surface area contributed by atoms with Crippen molar-refractivity contribution in [1.82, 2.24) is 20.1 Å². The van der Waals surface area contributed by atoms with Crippen molar-refractivity contribution in [1.29, 1.82) is 0 Å². The standard InChI is InChI=1S/C11H12N4/c1-15-7-13-14-11(15)8-2-3-9-5-12-6-10(9)4-8/h2-4,7,12H,5-6H2,1H3. The topological polar surface area (TPSA) is 42.7 Å². The van der Waals surface area contributed by atoms with E-state index < -0.39 is 0 Å². The minimum atomic E-state index is 0.921. The molecule has 1 N–H and O–H groups in total. The molecule has 0 spiro atoms. The summed E-state index contributed by atoms with van der Waals surface area (Å²) in [6.07, 6.45) is 1.72. The van der Waals surface area contributed by atoms with E-state index in [9.17, 15) is 0 Å². The molecule has 76 valence electrons. The van der Waals surface area contributed by atoms with Crippen LogP contribution >= 0.6 is 0 Å². The van der Waals surface area contributed by atoms with Crippen LogP contribution in [0, 0.1) is 0 Å². The first-order valence-electron chi connectivity index (χ1n) is 5.01. The summed E-state index contributed by atoms with van der Waals surface area (Å²) in [5.74, 6) is 0.921. The van der Waals surface area contributed by atoms with Crippen molar-refractivity contribution in [2.24, 2.45) is 7.05 Å². The van der Waals surface area contributed by atoms with Gasteiger partial charge in [0.25, 0.3) is 0 Å². The van der Waals surface area contributed by atoms with Crippen molar-refractivity contribution in [2.75, 3.05) is 0 Å². The Kier molecular flexibility index (Phi) is 1.82.